The second kappa shape index (κ2) is 11.5. The number of anilines is 1. The van der Waals surface area contributed by atoms with E-state index in [2.05, 4.69) is 20.5 Å². The van der Waals surface area contributed by atoms with E-state index < -0.39 is 17.5 Å². The summed E-state index contributed by atoms with van der Waals surface area (Å²) in [6.45, 7) is 1.58. The maximum atomic E-state index is 14.2. The molecule has 2 N–H and O–H groups in total. The number of rotatable bonds is 8. The number of pyridine rings is 1. The van der Waals surface area contributed by atoms with Crippen LogP contribution in [0.1, 0.15) is 57.5 Å². The summed E-state index contributed by atoms with van der Waals surface area (Å²) >= 11 is 0. The van der Waals surface area contributed by atoms with E-state index in [0.717, 1.165) is 49.2 Å². The molecule has 2 unspecified atom stereocenters. The van der Waals surface area contributed by atoms with Crippen molar-refractivity contribution < 1.29 is 27.8 Å². The zero-order valence-electron chi connectivity index (χ0n) is 22.7. The van der Waals surface area contributed by atoms with Gasteiger partial charge in [0.15, 0.2) is 0 Å². The minimum Gasteiger partial charge on any atom is -0.497 e. The Morgan fingerprint density at radius 1 is 1.00 bits per heavy atom. The van der Waals surface area contributed by atoms with Crippen LogP contribution < -0.4 is 25.0 Å². The van der Waals surface area contributed by atoms with Gasteiger partial charge >= 0.3 is 0 Å². The van der Waals surface area contributed by atoms with Gasteiger partial charge in [0.25, 0.3) is 11.8 Å². The number of hydrogen-bond acceptors (Lipinski definition) is 6. The lowest BCUT2D eigenvalue weighted by Crippen LogP contribution is -2.50. The molecule has 2 aliphatic rings. The summed E-state index contributed by atoms with van der Waals surface area (Å²) in [5.41, 5.74) is 1.48. The highest BCUT2D eigenvalue weighted by atomic mass is 19.1. The number of piperidine rings is 1. The van der Waals surface area contributed by atoms with Gasteiger partial charge in [0.05, 0.1) is 19.8 Å². The molecule has 0 radical (unpaired) electrons. The molecule has 2 atom stereocenters. The molecule has 0 spiro atoms. The first-order chi connectivity index (χ1) is 19.3. The second-order valence-corrected chi connectivity index (χ2v) is 10.2. The molecule has 2 bridgehead atoms. The molecule has 8 nitrogen and oxygen atoms in total. The van der Waals surface area contributed by atoms with E-state index >= 15 is 0 Å². The molecule has 5 rings (SSSR count). The molecule has 1 aromatic heterocycles. The van der Waals surface area contributed by atoms with Crippen molar-refractivity contribution in [3.05, 3.63) is 82.5 Å². The van der Waals surface area contributed by atoms with Gasteiger partial charge in [-0.3, -0.25) is 9.59 Å². The van der Waals surface area contributed by atoms with Crippen molar-refractivity contribution in [3.63, 3.8) is 0 Å². The van der Waals surface area contributed by atoms with Crippen molar-refractivity contribution >= 4 is 17.6 Å². The Hall–Kier alpha value is -4.21. The fraction of sp³-hybridized carbons (Fsp3) is 0.367. The van der Waals surface area contributed by atoms with Crippen LogP contribution in [-0.2, 0) is 6.54 Å². The van der Waals surface area contributed by atoms with Gasteiger partial charge in [0, 0.05) is 59.7 Å². The van der Waals surface area contributed by atoms with Crippen LogP contribution in [0.25, 0.3) is 0 Å². The van der Waals surface area contributed by atoms with E-state index in [0.29, 0.717) is 16.9 Å². The molecule has 2 aliphatic heterocycles. The van der Waals surface area contributed by atoms with Gasteiger partial charge in [-0.25, -0.2) is 13.8 Å². The highest BCUT2D eigenvalue weighted by Crippen LogP contribution is 2.38. The Kier molecular flexibility index (Phi) is 7.86. The Morgan fingerprint density at radius 2 is 1.70 bits per heavy atom. The van der Waals surface area contributed by atoms with Crippen LogP contribution in [0, 0.1) is 18.6 Å². The predicted molar refractivity (Wildman–Crippen MR) is 146 cm³/mol. The van der Waals surface area contributed by atoms with E-state index in [1.807, 2.05) is 25.1 Å². The molecule has 2 saturated heterocycles. The van der Waals surface area contributed by atoms with Crippen LogP contribution in [0.5, 0.6) is 11.5 Å². The number of fused-ring (bicyclic) bond motifs is 2. The summed E-state index contributed by atoms with van der Waals surface area (Å²) in [5, 5.41) is 5.76. The summed E-state index contributed by atoms with van der Waals surface area (Å²) in [4.78, 5) is 32.5. The third-order valence-electron chi connectivity index (χ3n) is 7.87. The highest BCUT2D eigenvalue weighted by molar-refractivity contribution is 5.96. The van der Waals surface area contributed by atoms with Gasteiger partial charge in [0.1, 0.15) is 29.0 Å². The van der Waals surface area contributed by atoms with E-state index in [9.17, 15) is 18.4 Å². The van der Waals surface area contributed by atoms with Crippen LogP contribution in [0.15, 0.2) is 48.7 Å². The monoisotopic (exact) mass is 550 g/mol. The topological polar surface area (TPSA) is 92.8 Å². The zero-order chi connectivity index (χ0) is 28.4. The first kappa shape index (κ1) is 27.4. The molecule has 2 fully saturated rings. The van der Waals surface area contributed by atoms with Crippen LogP contribution in [0.2, 0.25) is 0 Å². The fourth-order valence-electron chi connectivity index (χ4n) is 5.82. The maximum absolute atomic E-state index is 14.2. The molecule has 3 aromatic rings. The van der Waals surface area contributed by atoms with Crippen LogP contribution in [0.4, 0.5) is 14.6 Å². The summed E-state index contributed by atoms with van der Waals surface area (Å²) in [6, 6.07) is 11.6. The Balaban J connectivity index is 1.20. The first-order valence-corrected chi connectivity index (χ1v) is 13.3. The summed E-state index contributed by atoms with van der Waals surface area (Å²) in [6.07, 6.45) is 5.07. The molecule has 0 aliphatic carbocycles. The molecule has 0 saturated carbocycles. The van der Waals surface area contributed by atoms with E-state index in [-0.39, 0.29) is 41.9 Å². The summed E-state index contributed by atoms with van der Waals surface area (Å²) in [7, 11) is 2.91. The quantitative estimate of drug-likeness (QED) is 0.428. The predicted octanol–water partition coefficient (Wildman–Crippen LogP) is 4.55. The molecule has 2 amide bonds. The molecule has 40 heavy (non-hydrogen) atoms. The zero-order valence-corrected chi connectivity index (χ0v) is 22.7. The number of ether oxygens (including phenoxy) is 2. The number of benzene rings is 2. The number of halogens is 2. The number of nitrogens with one attached hydrogen (secondary N) is 2. The molecular formula is C30H32F2N4O4. The van der Waals surface area contributed by atoms with Gasteiger partial charge in [0.2, 0.25) is 0 Å². The molecule has 210 valence electrons. The second-order valence-electron chi connectivity index (χ2n) is 10.2. The SMILES string of the molecule is COc1cc(F)c(CNC(=O)c2ccc(N3C4CCC3CC(NC(=O)c3cccc(OC)c3C)C4)nc2)c(F)c1. The number of aromatic nitrogens is 1. The van der Waals surface area contributed by atoms with Crippen molar-refractivity contribution in [2.24, 2.45) is 0 Å². The minimum atomic E-state index is -0.792. The average Bonchev–Trinajstić information content (AvgIpc) is 3.22. The van der Waals surface area contributed by atoms with Gasteiger partial charge in [-0.05, 0) is 56.9 Å². The average molecular weight is 551 g/mol. The first-order valence-electron chi connectivity index (χ1n) is 13.3. The lowest BCUT2D eigenvalue weighted by atomic mass is 9.96. The molecule has 10 heteroatoms. The van der Waals surface area contributed by atoms with Crippen LogP contribution in [-0.4, -0.2) is 49.1 Å². The van der Waals surface area contributed by atoms with Crippen molar-refractivity contribution in [1.82, 2.24) is 15.6 Å². The van der Waals surface area contributed by atoms with Gasteiger partial charge in [-0.15, -0.1) is 0 Å². The number of carbonyl (C=O) groups excluding carboxylic acids is 2. The van der Waals surface area contributed by atoms with Crippen LogP contribution >= 0.6 is 0 Å². The van der Waals surface area contributed by atoms with Gasteiger partial charge in [-0.2, -0.15) is 0 Å². The highest BCUT2D eigenvalue weighted by Gasteiger charge is 2.42. The van der Waals surface area contributed by atoms with Crippen molar-refractivity contribution in [1.29, 1.82) is 0 Å². The van der Waals surface area contributed by atoms with Gasteiger partial charge in [-0.1, -0.05) is 6.07 Å². The number of hydrogen-bond donors (Lipinski definition) is 2. The number of nitrogens with zero attached hydrogens (tertiary/aromatic N) is 2. The third kappa shape index (κ3) is 5.43. The minimum absolute atomic E-state index is 0.0515. The molecule has 2 aromatic carbocycles. The largest absolute Gasteiger partial charge is 0.497 e. The number of methoxy groups -OCH3 is 2. The van der Waals surface area contributed by atoms with E-state index in [1.54, 1.807) is 19.2 Å². The van der Waals surface area contributed by atoms with E-state index in [4.69, 9.17) is 9.47 Å². The maximum Gasteiger partial charge on any atom is 0.253 e. The summed E-state index contributed by atoms with van der Waals surface area (Å²) < 4.78 is 38.6. The van der Waals surface area contributed by atoms with Crippen LogP contribution in [0.3, 0.4) is 0 Å². The standard InChI is InChI=1S/C30H32F2N4O4/c1-17-23(5-4-6-27(17)40-3)30(38)35-19-11-20-8-9-21(12-19)36(20)28-10-7-18(15-33-28)29(37)34-16-24-25(31)13-22(39-2)14-26(24)32/h4-7,10,13-15,19-21H,8-9,11-12,16H2,1-3H3,(H,34,37)(H,35,38). The Morgan fingerprint density at radius 3 is 2.30 bits per heavy atom. The van der Waals surface area contributed by atoms with E-state index in [1.165, 1.54) is 13.3 Å². The lowest BCUT2D eigenvalue weighted by Gasteiger charge is -2.40. The van der Waals surface area contributed by atoms with Crippen molar-refractivity contribution in [2.45, 2.75) is 57.3 Å². The number of amides is 2. The fourth-order valence-corrected chi connectivity index (χ4v) is 5.82. The number of carbonyl (C=O) groups is 2. The Bertz CT molecular complexity index is 1380. The smallest absolute Gasteiger partial charge is 0.253 e. The molecule has 3 heterocycles. The van der Waals surface area contributed by atoms with Crippen molar-refractivity contribution in [3.8, 4) is 11.5 Å². The lowest BCUT2D eigenvalue weighted by molar-refractivity contribution is 0.0923. The summed E-state index contributed by atoms with van der Waals surface area (Å²) in [5.74, 6) is -0.644. The van der Waals surface area contributed by atoms with Crippen molar-refractivity contribution in [2.75, 3.05) is 19.1 Å². The third-order valence-corrected chi connectivity index (χ3v) is 7.87. The van der Waals surface area contributed by atoms with Gasteiger partial charge < -0.3 is 25.0 Å². The Labute approximate surface area is 231 Å². The molecular weight excluding hydrogens is 518 g/mol. The normalized spacial score (nSPS) is 19.7.